The van der Waals surface area contributed by atoms with Crippen LogP contribution in [0, 0.1) is 0 Å². The van der Waals surface area contributed by atoms with E-state index in [0.29, 0.717) is 12.3 Å². The van der Waals surface area contributed by atoms with Gasteiger partial charge in [-0.25, -0.2) is 9.20 Å². The fourth-order valence-corrected chi connectivity index (χ4v) is 3.68. The molecule has 4 aromatic rings. The second kappa shape index (κ2) is 8.00. The van der Waals surface area contributed by atoms with E-state index >= 15 is 0 Å². The van der Waals surface area contributed by atoms with E-state index < -0.39 is 0 Å². The third-order valence-electron chi connectivity index (χ3n) is 5.44. The molecule has 0 saturated carbocycles. The molecule has 5 rings (SSSR count). The summed E-state index contributed by atoms with van der Waals surface area (Å²) in [4.78, 5) is 14.6. The van der Waals surface area contributed by atoms with Gasteiger partial charge in [0.1, 0.15) is 18.1 Å². The maximum absolute atomic E-state index is 12.3. The Morgan fingerprint density at radius 2 is 1.84 bits per heavy atom. The SMILES string of the molecule is CC(C)n1nc(-c2c(-c3ccccc3)nn3ccc(OCCN4CC4)cc23)ccc1=O. The summed E-state index contributed by atoms with van der Waals surface area (Å²) in [5, 5.41) is 9.52. The van der Waals surface area contributed by atoms with Gasteiger partial charge in [0.25, 0.3) is 5.56 Å². The monoisotopic (exact) mass is 415 g/mol. The predicted octanol–water partition coefficient (Wildman–Crippen LogP) is 3.50. The Morgan fingerprint density at radius 3 is 2.58 bits per heavy atom. The summed E-state index contributed by atoms with van der Waals surface area (Å²) in [5.74, 6) is 0.798. The third-order valence-corrected chi connectivity index (χ3v) is 5.44. The quantitative estimate of drug-likeness (QED) is 0.432. The Hall–Kier alpha value is -3.45. The zero-order valence-electron chi connectivity index (χ0n) is 17.7. The molecule has 0 aliphatic carbocycles. The van der Waals surface area contributed by atoms with Crippen molar-refractivity contribution in [3.05, 3.63) is 71.1 Å². The van der Waals surface area contributed by atoms with Crippen molar-refractivity contribution < 1.29 is 4.74 Å². The second-order valence-corrected chi connectivity index (χ2v) is 8.07. The normalized spacial score (nSPS) is 13.8. The summed E-state index contributed by atoms with van der Waals surface area (Å²) in [6.45, 7) is 7.82. The summed E-state index contributed by atoms with van der Waals surface area (Å²) < 4.78 is 9.35. The van der Waals surface area contributed by atoms with Gasteiger partial charge in [-0.05, 0) is 26.0 Å². The molecule has 1 aliphatic rings. The first kappa shape index (κ1) is 19.5. The number of hydrogen-bond acceptors (Lipinski definition) is 5. The van der Waals surface area contributed by atoms with E-state index in [4.69, 9.17) is 9.84 Å². The van der Waals surface area contributed by atoms with E-state index in [2.05, 4.69) is 10.00 Å². The molecular formula is C24H25N5O2. The number of benzene rings is 1. The molecule has 31 heavy (non-hydrogen) atoms. The van der Waals surface area contributed by atoms with Gasteiger partial charge < -0.3 is 4.74 Å². The molecule has 4 heterocycles. The number of aromatic nitrogens is 4. The lowest BCUT2D eigenvalue weighted by atomic mass is 10.0. The van der Waals surface area contributed by atoms with Crippen molar-refractivity contribution >= 4 is 5.52 Å². The smallest absolute Gasteiger partial charge is 0.267 e. The minimum atomic E-state index is -0.115. The highest BCUT2D eigenvalue weighted by molar-refractivity contribution is 5.91. The Labute approximate surface area is 180 Å². The minimum Gasteiger partial charge on any atom is -0.492 e. The van der Waals surface area contributed by atoms with Gasteiger partial charge in [-0.1, -0.05) is 30.3 Å². The van der Waals surface area contributed by atoms with Gasteiger partial charge in [-0.2, -0.15) is 10.2 Å². The molecule has 1 aliphatic heterocycles. The number of ether oxygens (including phenoxy) is 1. The lowest BCUT2D eigenvalue weighted by Gasteiger charge is -2.11. The molecule has 0 amide bonds. The Kier molecular flexibility index (Phi) is 5.03. The molecule has 0 bridgehead atoms. The first-order valence-electron chi connectivity index (χ1n) is 10.6. The summed E-state index contributed by atoms with van der Waals surface area (Å²) in [5.41, 5.74) is 4.19. The molecule has 0 spiro atoms. The molecule has 0 N–H and O–H groups in total. The van der Waals surface area contributed by atoms with Crippen molar-refractivity contribution in [3.63, 3.8) is 0 Å². The summed E-state index contributed by atoms with van der Waals surface area (Å²) in [6, 6.07) is 17.3. The van der Waals surface area contributed by atoms with Gasteiger partial charge in [-0.3, -0.25) is 9.69 Å². The molecule has 1 saturated heterocycles. The Balaban J connectivity index is 1.65. The van der Waals surface area contributed by atoms with Crippen LogP contribution in [0.1, 0.15) is 19.9 Å². The molecule has 0 atom stereocenters. The third kappa shape index (κ3) is 3.96. The molecule has 7 heteroatoms. The Bertz CT molecular complexity index is 1270. The van der Waals surface area contributed by atoms with E-state index in [1.165, 1.54) is 4.68 Å². The maximum Gasteiger partial charge on any atom is 0.267 e. The maximum atomic E-state index is 12.3. The molecule has 1 fully saturated rings. The van der Waals surface area contributed by atoms with Crippen LogP contribution >= 0.6 is 0 Å². The first-order chi connectivity index (χ1) is 15.1. The fourth-order valence-electron chi connectivity index (χ4n) is 3.68. The van der Waals surface area contributed by atoms with Gasteiger partial charge in [-0.15, -0.1) is 0 Å². The molecule has 1 aromatic carbocycles. The topological polar surface area (TPSA) is 64.4 Å². The van der Waals surface area contributed by atoms with Gasteiger partial charge in [0.2, 0.25) is 0 Å². The highest BCUT2D eigenvalue weighted by atomic mass is 16.5. The van der Waals surface area contributed by atoms with Crippen LogP contribution in [0.2, 0.25) is 0 Å². The first-order valence-corrected chi connectivity index (χ1v) is 10.6. The molecule has 0 unspecified atom stereocenters. The van der Waals surface area contributed by atoms with Crippen LogP contribution in [-0.2, 0) is 0 Å². The fraction of sp³-hybridized carbons (Fsp3) is 0.292. The van der Waals surface area contributed by atoms with Crippen LogP contribution in [0.3, 0.4) is 0 Å². The number of pyridine rings is 1. The van der Waals surface area contributed by atoms with Crippen molar-refractivity contribution in [2.75, 3.05) is 26.2 Å². The van der Waals surface area contributed by atoms with Crippen LogP contribution in [0.15, 0.2) is 65.6 Å². The van der Waals surface area contributed by atoms with E-state index in [-0.39, 0.29) is 11.6 Å². The van der Waals surface area contributed by atoms with Crippen molar-refractivity contribution in [1.82, 2.24) is 24.3 Å². The van der Waals surface area contributed by atoms with Crippen LogP contribution in [0.4, 0.5) is 0 Å². The highest BCUT2D eigenvalue weighted by Gasteiger charge is 2.20. The van der Waals surface area contributed by atoms with Gasteiger partial charge in [0.05, 0.1) is 22.8 Å². The minimum absolute atomic E-state index is 0.0363. The average molecular weight is 415 g/mol. The van der Waals surface area contributed by atoms with Gasteiger partial charge in [0, 0.05) is 43.5 Å². The van der Waals surface area contributed by atoms with Crippen LogP contribution < -0.4 is 10.3 Å². The van der Waals surface area contributed by atoms with Crippen molar-refractivity contribution in [3.8, 4) is 28.3 Å². The summed E-state index contributed by atoms with van der Waals surface area (Å²) in [7, 11) is 0. The summed E-state index contributed by atoms with van der Waals surface area (Å²) in [6.07, 6.45) is 1.91. The molecule has 3 aromatic heterocycles. The van der Waals surface area contributed by atoms with Crippen molar-refractivity contribution in [1.29, 1.82) is 0 Å². The van der Waals surface area contributed by atoms with Crippen molar-refractivity contribution in [2.24, 2.45) is 0 Å². The number of fused-ring (bicyclic) bond motifs is 1. The zero-order chi connectivity index (χ0) is 21.4. The second-order valence-electron chi connectivity index (χ2n) is 8.07. The van der Waals surface area contributed by atoms with Crippen LogP contribution in [0.5, 0.6) is 5.75 Å². The molecule has 0 radical (unpaired) electrons. The van der Waals surface area contributed by atoms with Gasteiger partial charge >= 0.3 is 0 Å². The molecule has 7 nitrogen and oxygen atoms in total. The van der Waals surface area contributed by atoms with Gasteiger partial charge in [0.15, 0.2) is 0 Å². The van der Waals surface area contributed by atoms with Crippen LogP contribution in [-0.4, -0.2) is 50.5 Å². The van der Waals surface area contributed by atoms with E-state index in [0.717, 1.165) is 47.7 Å². The zero-order valence-corrected chi connectivity index (χ0v) is 17.7. The number of nitrogens with zero attached hydrogens (tertiary/aromatic N) is 5. The lowest BCUT2D eigenvalue weighted by molar-refractivity contribution is 0.292. The summed E-state index contributed by atoms with van der Waals surface area (Å²) >= 11 is 0. The van der Waals surface area contributed by atoms with Crippen LogP contribution in [0.25, 0.3) is 28.0 Å². The Morgan fingerprint density at radius 1 is 1.03 bits per heavy atom. The van der Waals surface area contributed by atoms with E-state index in [1.807, 2.05) is 67.0 Å². The lowest BCUT2D eigenvalue weighted by Crippen LogP contribution is -2.23. The number of hydrogen-bond donors (Lipinski definition) is 0. The molecular weight excluding hydrogens is 390 g/mol. The number of rotatable bonds is 7. The predicted molar refractivity (Wildman–Crippen MR) is 120 cm³/mol. The largest absolute Gasteiger partial charge is 0.492 e. The van der Waals surface area contributed by atoms with E-state index in [1.54, 1.807) is 12.1 Å². The van der Waals surface area contributed by atoms with Crippen molar-refractivity contribution in [2.45, 2.75) is 19.9 Å². The average Bonchev–Trinajstić information content (AvgIpc) is 3.53. The van der Waals surface area contributed by atoms with E-state index in [9.17, 15) is 4.79 Å². The highest BCUT2D eigenvalue weighted by Crippen LogP contribution is 2.35. The standard InChI is InChI=1S/C24H25N5O2/c1-17(2)29-22(30)9-8-20(25-29)23-21-16-19(31-15-14-27-12-13-27)10-11-28(21)26-24(23)18-6-4-3-5-7-18/h3-11,16-17H,12-15H2,1-2H3. The molecule has 158 valence electrons.